The zero-order chi connectivity index (χ0) is 19.0. The van der Waals surface area contributed by atoms with E-state index in [4.69, 9.17) is 10.5 Å². The average molecular weight is 363 g/mol. The Morgan fingerprint density at radius 1 is 1.11 bits per heavy atom. The molecule has 0 radical (unpaired) electrons. The van der Waals surface area contributed by atoms with Crippen molar-refractivity contribution < 1.29 is 9.53 Å². The molecule has 1 amide bonds. The Balaban J connectivity index is 1.90. The number of amides is 1. The van der Waals surface area contributed by atoms with Crippen LogP contribution in [0.1, 0.15) is 15.9 Å². The van der Waals surface area contributed by atoms with Crippen molar-refractivity contribution in [2.45, 2.75) is 6.92 Å². The number of morpholine rings is 1. The summed E-state index contributed by atoms with van der Waals surface area (Å²) in [6, 6.07) is 13.1. The summed E-state index contributed by atoms with van der Waals surface area (Å²) >= 11 is 0. The van der Waals surface area contributed by atoms with Gasteiger partial charge in [-0.25, -0.2) is 0 Å². The van der Waals surface area contributed by atoms with Gasteiger partial charge in [0.15, 0.2) is 0 Å². The number of primary amides is 1. The minimum Gasteiger partial charge on any atom is -0.378 e. The molecule has 2 heterocycles. The molecule has 1 fully saturated rings. The van der Waals surface area contributed by atoms with E-state index in [9.17, 15) is 9.59 Å². The summed E-state index contributed by atoms with van der Waals surface area (Å²) in [5.74, 6) is -0.453. The van der Waals surface area contributed by atoms with Crippen molar-refractivity contribution in [3.63, 3.8) is 0 Å². The molecule has 6 nitrogen and oxygen atoms in total. The molecule has 1 aliphatic rings. The van der Waals surface area contributed by atoms with Crippen LogP contribution in [0.15, 0.2) is 47.3 Å². The molecule has 6 heteroatoms. The van der Waals surface area contributed by atoms with Gasteiger partial charge in [0.2, 0.25) is 11.5 Å². The lowest BCUT2D eigenvalue weighted by atomic mass is 9.97. The van der Waals surface area contributed by atoms with Crippen LogP contribution in [0.5, 0.6) is 0 Å². The van der Waals surface area contributed by atoms with Gasteiger partial charge in [-0.05, 0) is 48.4 Å². The first-order valence-corrected chi connectivity index (χ1v) is 8.93. The highest BCUT2D eigenvalue weighted by atomic mass is 16.5. The number of nitrogens with two attached hydrogens (primary N) is 1. The number of carbonyl (C=O) groups is 1. The van der Waals surface area contributed by atoms with Crippen LogP contribution >= 0.6 is 0 Å². The molecular weight excluding hydrogens is 342 g/mol. The number of nitrogens with zero attached hydrogens (tertiary/aromatic N) is 1. The summed E-state index contributed by atoms with van der Waals surface area (Å²) in [5, 5.41) is 0.976. The fourth-order valence-electron chi connectivity index (χ4n) is 3.59. The van der Waals surface area contributed by atoms with Crippen LogP contribution in [0, 0.1) is 6.92 Å². The number of pyridine rings is 1. The van der Waals surface area contributed by atoms with E-state index in [1.165, 1.54) is 0 Å². The number of aryl methyl sites for hydroxylation is 1. The number of hydrogen-bond donors (Lipinski definition) is 2. The maximum atomic E-state index is 11.7. The number of nitrogens with one attached hydrogen (secondary N) is 1. The third kappa shape index (κ3) is 3.31. The van der Waals surface area contributed by atoms with Crippen molar-refractivity contribution in [2.75, 3.05) is 31.2 Å². The highest BCUT2D eigenvalue weighted by Crippen LogP contribution is 2.34. The molecule has 1 saturated heterocycles. The fraction of sp³-hybridized carbons (Fsp3) is 0.238. The highest BCUT2D eigenvalue weighted by Gasteiger charge is 2.18. The third-order valence-electron chi connectivity index (χ3n) is 4.99. The van der Waals surface area contributed by atoms with Crippen LogP contribution in [-0.2, 0) is 4.74 Å². The number of anilines is 1. The van der Waals surface area contributed by atoms with Gasteiger partial charge >= 0.3 is 0 Å². The summed E-state index contributed by atoms with van der Waals surface area (Å²) in [6.07, 6.45) is 0. The van der Waals surface area contributed by atoms with E-state index in [1.54, 1.807) is 12.1 Å². The Morgan fingerprint density at radius 3 is 2.63 bits per heavy atom. The normalized spacial score (nSPS) is 14.5. The molecule has 3 N–H and O–H groups in total. The van der Waals surface area contributed by atoms with Gasteiger partial charge in [-0.1, -0.05) is 6.07 Å². The molecule has 138 valence electrons. The van der Waals surface area contributed by atoms with Crippen LogP contribution in [0.25, 0.3) is 22.0 Å². The first kappa shape index (κ1) is 17.3. The molecule has 1 aromatic heterocycles. The summed E-state index contributed by atoms with van der Waals surface area (Å²) in [7, 11) is 0. The Hall–Kier alpha value is -3.12. The number of aromatic nitrogens is 1. The summed E-state index contributed by atoms with van der Waals surface area (Å²) in [6.45, 7) is 4.86. The molecular formula is C21H21N3O3. The van der Waals surface area contributed by atoms with Gasteiger partial charge in [0.25, 0.3) is 0 Å². The number of aromatic amines is 1. The molecule has 0 atom stereocenters. The first-order chi connectivity index (χ1) is 13.0. The molecule has 0 saturated carbocycles. The van der Waals surface area contributed by atoms with Gasteiger partial charge < -0.3 is 20.4 Å². The van der Waals surface area contributed by atoms with E-state index in [0.717, 1.165) is 46.4 Å². The molecule has 0 unspecified atom stereocenters. The number of rotatable bonds is 3. The molecule has 3 aromatic rings. The van der Waals surface area contributed by atoms with Gasteiger partial charge in [-0.3, -0.25) is 9.59 Å². The van der Waals surface area contributed by atoms with Gasteiger partial charge in [0, 0.05) is 46.9 Å². The smallest absolute Gasteiger partial charge is 0.248 e. The Bertz CT molecular complexity index is 1080. The Morgan fingerprint density at radius 2 is 1.89 bits per heavy atom. The SMILES string of the molecule is Cc1cc(=O)[nH]c2ccc(-c3cc(C(N)=O)ccc3N3CCOCC3)cc12. The van der Waals surface area contributed by atoms with E-state index in [1.807, 2.05) is 37.3 Å². The van der Waals surface area contributed by atoms with Crippen LogP contribution in [-0.4, -0.2) is 37.2 Å². The standard InChI is InChI=1S/C21H21N3O3/c1-13-10-20(25)23-18-4-2-14(11-16(13)18)17-12-15(21(22)26)3-5-19(17)24-6-8-27-9-7-24/h2-5,10-12H,6-9H2,1H3,(H2,22,26)(H,23,25). The molecule has 0 spiro atoms. The molecule has 4 rings (SSSR count). The number of hydrogen-bond acceptors (Lipinski definition) is 4. The van der Waals surface area contributed by atoms with E-state index in [0.29, 0.717) is 18.8 Å². The van der Waals surface area contributed by atoms with Crippen molar-refractivity contribution in [1.82, 2.24) is 4.98 Å². The molecule has 0 aliphatic carbocycles. The van der Waals surface area contributed by atoms with E-state index >= 15 is 0 Å². The number of ether oxygens (including phenoxy) is 1. The van der Waals surface area contributed by atoms with Crippen molar-refractivity contribution in [2.24, 2.45) is 5.73 Å². The van der Waals surface area contributed by atoms with E-state index < -0.39 is 5.91 Å². The van der Waals surface area contributed by atoms with Crippen LogP contribution in [0.2, 0.25) is 0 Å². The van der Waals surface area contributed by atoms with Gasteiger partial charge in [-0.15, -0.1) is 0 Å². The fourth-order valence-corrected chi connectivity index (χ4v) is 3.59. The summed E-state index contributed by atoms with van der Waals surface area (Å²) in [4.78, 5) is 28.6. The lowest BCUT2D eigenvalue weighted by molar-refractivity contribution is 0.1000. The largest absolute Gasteiger partial charge is 0.378 e. The quantitative estimate of drug-likeness (QED) is 0.748. The lowest BCUT2D eigenvalue weighted by Crippen LogP contribution is -2.36. The van der Waals surface area contributed by atoms with Crippen LogP contribution < -0.4 is 16.2 Å². The minimum atomic E-state index is -0.453. The Labute approximate surface area is 156 Å². The van der Waals surface area contributed by atoms with E-state index in [-0.39, 0.29) is 5.56 Å². The molecule has 0 bridgehead atoms. The maximum absolute atomic E-state index is 11.7. The highest BCUT2D eigenvalue weighted by molar-refractivity contribution is 5.97. The topological polar surface area (TPSA) is 88.4 Å². The summed E-state index contributed by atoms with van der Waals surface area (Å²) < 4.78 is 5.46. The number of H-pyrrole nitrogens is 1. The first-order valence-electron chi connectivity index (χ1n) is 8.93. The van der Waals surface area contributed by atoms with Crippen molar-refractivity contribution in [3.8, 4) is 11.1 Å². The predicted octanol–water partition coefficient (Wildman–Crippen LogP) is 2.44. The van der Waals surface area contributed by atoms with Crippen molar-refractivity contribution in [1.29, 1.82) is 0 Å². The number of benzene rings is 2. The third-order valence-corrected chi connectivity index (χ3v) is 4.99. The molecule has 2 aromatic carbocycles. The second-order valence-electron chi connectivity index (χ2n) is 6.77. The van der Waals surface area contributed by atoms with Crippen molar-refractivity contribution >= 4 is 22.5 Å². The zero-order valence-electron chi connectivity index (χ0n) is 15.1. The Kier molecular flexibility index (Phi) is 4.41. The zero-order valence-corrected chi connectivity index (χ0v) is 15.1. The molecule has 27 heavy (non-hydrogen) atoms. The van der Waals surface area contributed by atoms with Crippen molar-refractivity contribution in [3.05, 3.63) is 63.9 Å². The minimum absolute atomic E-state index is 0.113. The average Bonchev–Trinajstić information content (AvgIpc) is 2.68. The predicted molar refractivity (Wildman–Crippen MR) is 106 cm³/mol. The van der Waals surface area contributed by atoms with Gasteiger partial charge in [0.1, 0.15) is 0 Å². The number of fused-ring (bicyclic) bond motifs is 1. The number of carbonyl (C=O) groups excluding carboxylic acids is 1. The second-order valence-corrected chi connectivity index (χ2v) is 6.77. The van der Waals surface area contributed by atoms with Crippen LogP contribution in [0.3, 0.4) is 0 Å². The maximum Gasteiger partial charge on any atom is 0.248 e. The van der Waals surface area contributed by atoms with Crippen LogP contribution in [0.4, 0.5) is 5.69 Å². The second kappa shape index (κ2) is 6.89. The molecule has 1 aliphatic heterocycles. The summed E-state index contributed by atoms with van der Waals surface area (Å²) in [5.41, 5.74) is 10.5. The lowest BCUT2D eigenvalue weighted by Gasteiger charge is -2.31. The van der Waals surface area contributed by atoms with Gasteiger partial charge in [0.05, 0.1) is 13.2 Å². The van der Waals surface area contributed by atoms with Gasteiger partial charge in [-0.2, -0.15) is 0 Å². The van der Waals surface area contributed by atoms with E-state index in [2.05, 4.69) is 9.88 Å². The monoisotopic (exact) mass is 363 g/mol.